The third kappa shape index (κ3) is 6.86. The van der Waals surface area contributed by atoms with Gasteiger partial charge in [0.15, 0.2) is 0 Å². The minimum absolute atomic E-state index is 0.103. The normalized spacial score (nSPS) is 26.0. The van der Waals surface area contributed by atoms with Crippen molar-refractivity contribution in [1.29, 1.82) is 0 Å². The zero-order chi connectivity index (χ0) is 23.3. The largest absolute Gasteiger partial charge is 0.385 e. The third-order valence-electron chi connectivity index (χ3n) is 8.03. The Hall–Kier alpha value is -1.31. The lowest BCUT2D eigenvalue weighted by molar-refractivity contribution is 0.148. The summed E-state index contributed by atoms with van der Waals surface area (Å²) in [5, 5.41) is 3.25. The summed E-state index contributed by atoms with van der Waals surface area (Å²) in [5.74, 6) is 0.609. The molecule has 3 fully saturated rings. The Bertz CT molecular complexity index is 820. The Morgan fingerprint density at radius 2 is 1.52 bits per heavy atom. The minimum Gasteiger partial charge on any atom is -0.385 e. The van der Waals surface area contributed by atoms with Crippen molar-refractivity contribution in [3.63, 3.8) is 0 Å². The summed E-state index contributed by atoms with van der Waals surface area (Å²) in [6, 6.07) is 9.88. The zero-order valence-electron chi connectivity index (χ0n) is 20.6. The Balaban J connectivity index is 1.17. The van der Waals surface area contributed by atoms with Crippen LogP contribution in [0.4, 0.5) is 11.4 Å². The number of piperazine rings is 1. The Morgan fingerprint density at radius 1 is 0.879 bits per heavy atom. The van der Waals surface area contributed by atoms with Crippen LogP contribution in [-0.2, 0) is 10.0 Å². The van der Waals surface area contributed by atoms with E-state index in [-0.39, 0.29) is 11.3 Å². The van der Waals surface area contributed by atoms with Gasteiger partial charge in [-0.1, -0.05) is 19.3 Å². The Kier molecular flexibility index (Phi) is 8.58. The second kappa shape index (κ2) is 11.4. The van der Waals surface area contributed by atoms with Crippen molar-refractivity contribution < 1.29 is 8.42 Å². The topological polar surface area (TPSA) is 64.7 Å². The average molecular weight is 477 g/mol. The predicted molar refractivity (Wildman–Crippen MR) is 139 cm³/mol. The van der Waals surface area contributed by atoms with E-state index in [4.69, 9.17) is 0 Å². The van der Waals surface area contributed by atoms with Gasteiger partial charge in [-0.3, -0.25) is 4.90 Å². The molecule has 1 heterocycles. The molecule has 0 radical (unpaired) electrons. The highest BCUT2D eigenvalue weighted by Gasteiger charge is 2.27. The maximum absolute atomic E-state index is 12.1. The molecule has 33 heavy (non-hydrogen) atoms. The van der Waals surface area contributed by atoms with E-state index in [1.807, 2.05) is 0 Å². The lowest BCUT2D eigenvalue weighted by atomic mass is 9.86. The molecule has 0 amide bonds. The van der Waals surface area contributed by atoms with E-state index < -0.39 is 10.0 Å². The number of hydrogen-bond donors (Lipinski definition) is 2. The summed E-state index contributed by atoms with van der Waals surface area (Å²) < 4.78 is 27.1. The minimum atomic E-state index is -3.17. The molecular formula is C26H44N4O2S. The van der Waals surface area contributed by atoms with Crippen LogP contribution >= 0.6 is 0 Å². The predicted octanol–water partition coefficient (Wildman–Crippen LogP) is 4.44. The second-order valence-electron chi connectivity index (χ2n) is 10.7. The molecule has 7 heteroatoms. The van der Waals surface area contributed by atoms with Crippen LogP contribution in [0, 0.1) is 5.92 Å². The molecule has 0 aromatic heterocycles. The second-order valence-corrected chi connectivity index (χ2v) is 12.9. The summed E-state index contributed by atoms with van der Waals surface area (Å²) in [6.45, 7) is 9.09. The van der Waals surface area contributed by atoms with Gasteiger partial charge >= 0.3 is 0 Å². The molecule has 1 aromatic carbocycles. The third-order valence-corrected chi connectivity index (χ3v) is 9.93. The van der Waals surface area contributed by atoms with Crippen LogP contribution in [0.2, 0.25) is 0 Å². The first-order chi connectivity index (χ1) is 15.9. The molecule has 2 saturated carbocycles. The van der Waals surface area contributed by atoms with Crippen LogP contribution < -0.4 is 14.9 Å². The molecule has 3 aliphatic rings. The molecule has 1 aliphatic heterocycles. The van der Waals surface area contributed by atoms with Gasteiger partial charge in [0.25, 0.3) is 0 Å². The standard InChI is InChI=1S/C26H44N4O2S/c1-21(2)33(31,32)28-24-10-8-22(9-11-24)20-27-23-12-14-26(15-13-23)30-18-16-29(17-19-30)25-6-4-3-5-7-25/h12-15,21-22,24-25,27-28H,3-11,16-20H2,1-2H3. The lowest BCUT2D eigenvalue weighted by Gasteiger charge is -2.41. The number of rotatable bonds is 8. The van der Waals surface area contributed by atoms with Crippen molar-refractivity contribution in [3.05, 3.63) is 24.3 Å². The SMILES string of the molecule is CC(C)S(=O)(=O)NC1CCC(CNc2ccc(N3CCN(C4CCCCC4)CC3)cc2)CC1. The number of anilines is 2. The highest BCUT2D eigenvalue weighted by atomic mass is 32.2. The van der Waals surface area contributed by atoms with E-state index in [0.29, 0.717) is 5.92 Å². The Morgan fingerprint density at radius 3 is 2.12 bits per heavy atom. The van der Waals surface area contributed by atoms with E-state index in [1.54, 1.807) is 13.8 Å². The van der Waals surface area contributed by atoms with Crippen LogP contribution in [0.3, 0.4) is 0 Å². The van der Waals surface area contributed by atoms with Gasteiger partial charge in [0.2, 0.25) is 10.0 Å². The van der Waals surface area contributed by atoms with E-state index >= 15 is 0 Å². The van der Waals surface area contributed by atoms with Gasteiger partial charge in [-0.2, -0.15) is 0 Å². The lowest BCUT2D eigenvalue weighted by Crippen LogP contribution is -2.50. The molecule has 2 aliphatic carbocycles. The van der Waals surface area contributed by atoms with Gasteiger partial charge in [0, 0.05) is 56.2 Å². The number of benzene rings is 1. The highest BCUT2D eigenvalue weighted by Crippen LogP contribution is 2.27. The molecule has 6 nitrogen and oxygen atoms in total. The fourth-order valence-electron chi connectivity index (χ4n) is 5.70. The maximum atomic E-state index is 12.1. The van der Waals surface area contributed by atoms with Crippen molar-refractivity contribution in [2.45, 2.75) is 89.0 Å². The van der Waals surface area contributed by atoms with Crippen LogP contribution in [0.5, 0.6) is 0 Å². The van der Waals surface area contributed by atoms with E-state index in [0.717, 1.165) is 51.4 Å². The number of nitrogens with zero attached hydrogens (tertiary/aromatic N) is 2. The Labute approximate surface area is 201 Å². The highest BCUT2D eigenvalue weighted by molar-refractivity contribution is 7.90. The van der Waals surface area contributed by atoms with Crippen LogP contribution in [0.25, 0.3) is 0 Å². The first-order valence-electron chi connectivity index (χ1n) is 13.2. The molecule has 0 bridgehead atoms. The van der Waals surface area contributed by atoms with Gasteiger partial charge in [-0.25, -0.2) is 13.1 Å². The smallest absolute Gasteiger partial charge is 0.214 e. The molecule has 186 valence electrons. The molecule has 2 N–H and O–H groups in total. The van der Waals surface area contributed by atoms with Gasteiger partial charge in [0.05, 0.1) is 5.25 Å². The van der Waals surface area contributed by atoms with Crippen molar-refractivity contribution in [2.75, 3.05) is 42.9 Å². The summed E-state index contributed by atoms with van der Waals surface area (Å²) in [5.41, 5.74) is 2.52. The van der Waals surface area contributed by atoms with Crippen LogP contribution in [0.1, 0.15) is 71.6 Å². The summed E-state index contributed by atoms with van der Waals surface area (Å²) in [7, 11) is -3.17. The fourth-order valence-corrected chi connectivity index (χ4v) is 6.67. The monoisotopic (exact) mass is 476 g/mol. The number of nitrogens with one attached hydrogen (secondary N) is 2. The van der Waals surface area contributed by atoms with E-state index in [2.05, 4.69) is 44.1 Å². The first-order valence-corrected chi connectivity index (χ1v) is 14.8. The number of sulfonamides is 1. The molecule has 0 unspecified atom stereocenters. The molecule has 0 atom stereocenters. The van der Waals surface area contributed by atoms with Gasteiger partial charge < -0.3 is 10.2 Å². The van der Waals surface area contributed by atoms with E-state index in [9.17, 15) is 8.42 Å². The molecule has 4 rings (SSSR count). The summed E-state index contributed by atoms with van der Waals surface area (Å²) in [4.78, 5) is 5.26. The molecule has 0 spiro atoms. The summed E-state index contributed by atoms with van der Waals surface area (Å²) in [6.07, 6.45) is 11.1. The van der Waals surface area contributed by atoms with E-state index in [1.165, 1.54) is 56.6 Å². The maximum Gasteiger partial charge on any atom is 0.214 e. The molecule has 1 saturated heterocycles. The van der Waals surface area contributed by atoms with Gasteiger partial charge in [0.1, 0.15) is 0 Å². The van der Waals surface area contributed by atoms with Gasteiger partial charge in [-0.05, 0) is 82.6 Å². The molecule has 1 aromatic rings. The van der Waals surface area contributed by atoms with Crippen molar-refractivity contribution in [3.8, 4) is 0 Å². The quantitative estimate of drug-likeness (QED) is 0.581. The first kappa shape index (κ1) is 24.8. The summed E-state index contributed by atoms with van der Waals surface area (Å²) >= 11 is 0. The molecular weight excluding hydrogens is 432 g/mol. The van der Waals surface area contributed by atoms with Crippen molar-refractivity contribution >= 4 is 21.4 Å². The van der Waals surface area contributed by atoms with Crippen LogP contribution in [-0.4, -0.2) is 63.4 Å². The zero-order valence-corrected chi connectivity index (χ0v) is 21.5. The number of hydrogen-bond acceptors (Lipinski definition) is 5. The van der Waals surface area contributed by atoms with Gasteiger partial charge in [-0.15, -0.1) is 0 Å². The van der Waals surface area contributed by atoms with Crippen LogP contribution in [0.15, 0.2) is 24.3 Å². The fraction of sp³-hybridized carbons (Fsp3) is 0.769. The average Bonchev–Trinajstić information content (AvgIpc) is 2.84. The van der Waals surface area contributed by atoms with Crippen molar-refractivity contribution in [1.82, 2.24) is 9.62 Å². The van der Waals surface area contributed by atoms with Crippen molar-refractivity contribution in [2.24, 2.45) is 5.92 Å².